The van der Waals surface area contributed by atoms with Gasteiger partial charge in [0.25, 0.3) is 0 Å². The van der Waals surface area contributed by atoms with E-state index in [1.54, 1.807) is 0 Å². The van der Waals surface area contributed by atoms with Crippen LogP contribution in [0, 0.1) is 6.92 Å². The number of aromatic nitrogens is 3. The molecule has 0 saturated heterocycles. The Morgan fingerprint density at radius 2 is 1.86 bits per heavy atom. The molecule has 0 unspecified atom stereocenters. The lowest BCUT2D eigenvalue weighted by Crippen LogP contribution is -2.02. The lowest BCUT2D eigenvalue weighted by atomic mass is 10.1. The standard InChI is InChI=1S/C16H13BrClN3/c1-11-7-8-12(18)9-14(11)16-20-19-15(10-17)21(16)13-5-3-2-4-6-13/h2-9H,10H2,1H3. The summed E-state index contributed by atoms with van der Waals surface area (Å²) in [6.45, 7) is 2.05. The highest BCUT2D eigenvalue weighted by molar-refractivity contribution is 9.08. The molecule has 1 heterocycles. The van der Waals surface area contributed by atoms with Gasteiger partial charge in [0.15, 0.2) is 5.82 Å². The number of alkyl halides is 1. The molecule has 0 saturated carbocycles. The fraction of sp³-hybridized carbons (Fsp3) is 0.125. The Hall–Kier alpha value is -1.65. The van der Waals surface area contributed by atoms with Crippen LogP contribution in [0.25, 0.3) is 17.1 Å². The molecule has 0 aliphatic rings. The van der Waals surface area contributed by atoms with E-state index in [9.17, 15) is 0 Å². The maximum Gasteiger partial charge on any atom is 0.168 e. The second-order valence-electron chi connectivity index (χ2n) is 4.70. The van der Waals surface area contributed by atoms with Crippen LogP contribution in [0.3, 0.4) is 0 Å². The Bertz CT molecular complexity index is 768. The molecule has 0 bridgehead atoms. The fourth-order valence-electron chi connectivity index (χ4n) is 2.26. The molecule has 0 N–H and O–H groups in total. The third kappa shape index (κ3) is 2.74. The molecular formula is C16H13BrClN3. The summed E-state index contributed by atoms with van der Waals surface area (Å²) in [6.07, 6.45) is 0. The van der Waals surface area contributed by atoms with Crippen LogP contribution in [0.1, 0.15) is 11.4 Å². The summed E-state index contributed by atoms with van der Waals surface area (Å²) in [5.41, 5.74) is 3.14. The van der Waals surface area contributed by atoms with Crippen molar-refractivity contribution in [1.29, 1.82) is 0 Å². The Kier molecular flexibility index (Phi) is 4.08. The minimum absolute atomic E-state index is 0.633. The molecule has 0 amide bonds. The maximum absolute atomic E-state index is 6.14. The van der Waals surface area contributed by atoms with Gasteiger partial charge in [-0.3, -0.25) is 4.57 Å². The van der Waals surface area contributed by atoms with Crippen LogP contribution in [0.2, 0.25) is 5.02 Å². The molecule has 0 aliphatic carbocycles. The van der Waals surface area contributed by atoms with Crippen molar-refractivity contribution in [1.82, 2.24) is 14.8 Å². The summed E-state index contributed by atoms with van der Waals surface area (Å²) in [5, 5.41) is 9.97. The van der Waals surface area contributed by atoms with E-state index < -0.39 is 0 Å². The van der Waals surface area contributed by atoms with Crippen molar-refractivity contribution in [3.8, 4) is 17.1 Å². The molecule has 0 radical (unpaired) electrons. The second-order valence-corrected chi connectivity index (χ2v) is 5.70. The SMILES string of the molecule is Cc1ccc(Cl)cc1-c1nnc(CBr)n1-c1ccccc1. The lowest BCUT2D eigenvalue weighted by molar-refractivity contribution is 0.962. The second kappa shape index (κ2) is 6.00. The summed E-state index contributed by atoms with van der Waals surface area (Å²) in [7, 11) is 0. The third-order valence-electron chi connectivity index (χ3n) is 3.30. The van der Waals surface area contributed by atoms with Crippen LogP contribution in [0.5, 0.6) is 0 Å². The zero-order chi connectivity index (χ0) is 14.8. The van der Waals surface area contributed by atoms with Crippen molar-refractivity contribution in [3.05, 3.63) is 64.9 Å². The van der Waals surface area contributed by atoms with E-state index >= 15 is 0 Å². The van der Waals surface area contributed by atoms with Crippen molar-refractivity contribution < 1.29 is 0 Å². The van der Waals surface area contributed by atoms with Crippen molar-refractivity contribution in [2.75, 3.05) is 0 Å². The van der Waals surface area contributed by atoms with E-state index in [1.807, 2.05) is 60.0 Å². The molecule has 0 fully saturated rings. The summed E-state index contributed by atoms with van der Waals surface area (Å²) in [4.78, 5) is 0. The average Bonchev–Trinajstić information content (AvgIpc) is 2.94. The molecule has 3 aromatic rings. The van der Waals surface area contributed by atoms with Crippen LogP contribution in [0.4, 0.5) is 0 Å². The molecule has 21 heavy (non-hydrogen) atoms. The summed E-state index contributed by atoms with van der Waals surface area (Å²) >= 11 is 9.61. The molecule has 1 aromatic heterocycles. The van der Waals surface area contributed by atoms with Crippen molar-refractivity contribution in [2.24, 2.45) is 0 Å². The molecule has 2 aromatic carbocycles. The zero-order valence-electron chi connectivity index (χ0n) is 11.4. The highest BCUT2D eigenvalue weighted by Crippen LogP contribution is 2.28. The predicted octanol–water partition coefficient (Wildman–Crippen LogP) is 4.79. The van der Waals surface area contributed by atoms with Gasteiger partial charge in [0.1, 0.15) is 5.82 Å². The largest absolute Gasteiger partial charge is 0.278 e. The summed E-state index contributed by atoms with van der Waals surface area (Å²) in [6, 6.07) is 15.9. The van der Waals surface area contributed by atoms with Gasteiger partial charge in [-0.05, 0) is 36.8 Å². The third-order valence-corrected chi connectivity index (χ3v) is 4.04. The summed E-state index contributed by atoms with van der Waals surface area (Å²) in [5.74, 6) is 1.66. The molecular weight excluding hydrogens is 350 g/mol. The molecule has 5 heteroatoms. The molecule has 0 aliphatic heterocycles. The number of halogens is 2. The maximum atomic E-state index is 6.14. The normalized spacial score (nSPS) is 10.8. The van der Waals surface area contributed by atoms with Crippen LogP contribution in [-0.4, -0.2) is 14.8 Å². The Balaban J connectivity index is 2.25. The van der Waals surface area contributed by atoms with Gasteiger partial charge >= 0.3 is 0 Å². The van der Waals surface area contributed by atoms with Gasteiger partial charge in [-0.15, -0.1) is 10.2 Å². The quantitative estimate of drug-likeness (QED) is 0.627. The van der Waals surface area contributed by atoms with Crippen LogP contribution in [-0.2, 0) is 5.33 Å². The van der Waals surface area contributed by atoms with Gasteiger partial charge in [0, 0.05) is 16.3 Å². The molecule has 3 rings (SSSR count). The van der Waals surface area contributed by atoms with Gasteiger partial charge in [-0.2, -0.15) is 0 Å². The van der Waals surface area contributed by atoms with E-state index in [0.717, 1.165) is 28.5 Å². The Morgan fingerprint density at radius 3 is 2.57 bits per heavy atom. The minimum Gasteiger partial charge on any atom is -0.278 e. The van der Waals surface area contributed by atoms with Gasteiger partial charge in [0.05, 0.1) is 5.33 Å². The van der Waals surface area contributed by atoms with E-state index in [4.69, 9.17) is 11.6 Å². The number of rotatable bonds is 3. The predicted molar refractivity (Wildman–Crippen MR) is 89.2 cm³/mol. The monoisotopic (exact) mass is 361 g/mol. The van der Waals surface area contributed by atoms with Crippen LogP contribution < -0.4 is 0 Å². The summed E-state index contributed by atoms with van der Waals surface area (Å²) < 4.78 is 2.05. The Morgan fingerprint density at radius 1 is 1.10 bits per heavy atom. The number of hydrogen-bond acceptors (Lipinski definition) is 2. The van der Waals surface area contributed by atoms with E-state index in [0.29, 0.717) is 10.4 Å². The Labute approximate surface area is 136 Å². The van der Waals surface area contributed by atoms with E-state index in [1.165, 1.54) is 0 Å². The topological polar surface area (TPSA) is 30.7 Å². The van der Waals surface area contributed by atoms with Crippen LogP contribution in [0.15, 0.2) is 48.5 Å². The van der Waals surface area contributed by atoms with Crippen molar-refractivity contribution in [3.63, 3.8) is 0 Å². The minimum atomic E-state index is 0.633. The zero-order valence-corrected chi connectivity index (χ0v) is 13.8. The van der Waals surface area contributed by atoms with Crippen molar-refractivity contribution >= 4 is 27.5 Å². The number of aryl methyl sites for hydroxylation is 1. The van der Waals surface area contributed by atoms with Crippen molar-refractivity contribution in [2.45, 2.75) is 12.3 Å². The number of benzene rings is 2. The fourth-order valence-corrected chi connectivity index (χ4v) is 2.80. The highest BCUT2D eigenvalue weighted by atomic mass is 79.9. The average molecular weight is 363 g/mol. The first-order valence-electron chi connectivity index (χ1n) is 6.53. The van der Waals surface area contributed by atoms with Crippen LogP contribution >= 0.6 is 27.5 Å². The molecule has 0 atom stereocenters. The van der Waals surface area contributed by atoms with E-state index in [-0.39, 0.29) is 0 Å². The molecule has 0 spiro atoms. The number of nitrogens with zero attached hydrogens (tertiary/aromatic N) is 3. The number of para-hydroxylation sites is 1. The first-order valence-corrected chi connectivity index (χ1v) is 8.03. The van der Waals surface area contributed by atoms with Gasteiger partial charge in [0.2, 0.25) is 0 Å². The van der Waals surface area contributed by atoms with Gasteiger partial charge in [-0.25, -0.2) is 0 Å². The molecule has 3 nitrogen and oxygen atoms in total. The first kappa shape index (κ1) is 14.3. The first-order chi connectivity index (χ1) is 10.2. The highest BCUT2D eigenvalue weighted by Gasteiger charge is 2.16. The van der Waals surface area contributed by atoms with Gasteiger partial charge in [-0.1, -0.05) is 51.8 Å². The van der Waals surface area contributed by atoms with Gasteiger partial charge < -0.3 is 0 Å². The molecule has 106 valence electrons. The smallest absolute Gasteiger partial charge is 0.168 e. The van der Waals surface area contributed by atoms with E-state index in [2.05, 4.69) is 26.1 Å². The number of hydrogen-bond donors (Lipinski definition) is 0. The lowest BCUT2D eigenvalue weighted by Gasteiger charge is -2.11.